The third-order valence-corrected chi connectivity index (χ3v) is 5.93. The number of hydrogen-bond acceptors (Lipinski definition) is 4. The van der Waals surface area contributed by atoms with Crippen molar-refractivity contribution in [3.05, 3.63) is 53.6 Å². The van der Waals surface area contributed by atoms with E-state index in [1.165, 1.54) is 11.6 Å². The van der Waals surface area contributed by atoms with Gasteiger partial charge in [-0.1, -0.05) is 18.2 Å². The van der Waals surface area contributed by atoms with Crippen molar-refractivity contribution in [2.75, 3.05) is 48.0 Å². The van der Waals surface area contributed by atoms with E-state index in [0.717, 1.165) is 37.2 Å². The number of amides is 1. The van der Waals surface area contributed by atoms with Gasteiger partial charge in [-0.2, -0.15) is 13.2 Å². The Labute approximate surface area is 179 Å². The van der Waals surface area contributed by atoms with Crippen LogP contribution in [0.2, 0.25) is 0 Å². The van der Waals surface area contributed by atoms with Crippen LogP contribution < -0.4 is 15.1 Å². The molecule has 1 atom stereocenters. The van der Waals surface area contributed by atoms with E-state index in [1.807, 2.05) is 28.0 Å². The summed E-state index contributed by atoms with van der Waals surface area (Å²) in [7, 11) is 0. The zero-order valence-electron chi connectivity index (χ0n) is 17.4. The molecule has 0 saturated carbocycles. The molecule has 2 aliphatic rings. The van der Waals surface area contributed by atoms with E-state index >= 15 is 0 Å². The number of carbonyl (C=O) groups is 1. The van der Waals surface area contributed by atoms with Gasteiger partial charge in [0.2, 0.25) is 5.91 Å². The Hall–Kier alpha value is -2.74. The lowest BCUT2D eigenvalue weighted by Gasteiger charge is -2.36. The number of carbonyl (C=O) groups excluding carboxylic acids is 1. The van der Waals surface area contributed by atoms with Crippen LogP contribution in [0.3, 0.4) is 0 Å². The van der Waals surface area contributed by atoms with E-state index in [4.69, 9.17) is 4.74 Å². The van der Waals surface area contributed by atoms with E-state index in [9.17, 15) is 18.0 Å². The topological polar surface area (TPSA) is 44.8 Å². The molecule has 0 spiro atoms. The number of hydrogen-bond donors (Lipinski definition) is 1. The minimum atomic E-state index is -4.49. The molecule has 2 heterocycles. The number of nitrogens with one attached hydrogen (secondary N) is 1. The number of anilines is 3. The summed E-state index contributed by atoms with van der Waals surface area (Å²) in [5.74, 6) is -0.328. The van der Waals surface area contributed by atoms with Crippen LogP contribution in [0.1, 0.15) is 24.5 Å². The van der Waals surface area contributed by atoms with Gasteiger partial charge in [0, 0.05) is 25.3 Å². The van der Waals surface area contributed by atoms with E-state index in [-0.39, 0.29) is 11.6 Å². The second-order valence-electron chi connectivity index (χ2n) is 7.92. The zero-order chi connectivity index (χ0) is 22.0. The number of fused-ring (bicyclic) bond motifs is 1. The molecule has 0 aromatic heterocycles. The molecule has 0 radical (unpaired) electrons. The highest BCUT2D eigenvalue weighted by Gasteiger charge is 2.33. The van der Waals surface area contributed by atoms with Crippen LogP contribution in [0.25, 0.3) is 0 Å². The molecule has 5 nitrogen and oxygen atoms in total. The van der Waals surface area contributed by atoms with Gasteiger partial charge in [0.05, 0.1) is 30.2 Å². The molecule has 1 fully saturated rings. The van der Waals surface area contributed by atoms with Crippen molar-refractivity contribution in [3.63, 3.8) is 0 Å². The highest BCUT2D eigenvalue weighted by atomic mass is 19.4. The van der Waals surface area contributed by atoms with E-state index < -0.39 is 17.8 Å². The van der Waals surface area contributed by atoms with Gasteiger partial charge in [-0.3, -0.25) is 4.79 Å². The van der Waals surface area contributed by atoms with Crippen molar-refractivity contribution in [3.8, 4) is 0 Å². The zero-order valence-corrected chi connectivity index (χ0v) is 17.4. The summed E-state index contributed by atoms with van der Waals surface area (Å²) in [5.41, 5.74) is 2.17. The van der Waals surface area contributed by atoms with Crippen LogP contribution in [0.15, 0.2) is 42.5 Å². The second kappa shape index (κ2) is 8.78. The third-order valence-electron chi connectivity index (χ3n) is 5.93. The molecule has 1 unspecified atom stereocenters. The number of benzene rings is 2. The fourth-order valence-electron chi connectivity index (χ4n) is 4.24. The van der Waals surface area contributed by atoms with Crippen molar-refractivity contribution in [1.82, 2.24) is 0 Å². The average Bonchev–Trinajstić information content (AvgIpc) is 2.78. The molecular formula is C23H26F3N3O2. The third kappa shape index (κ3) is 4.63. The van der Waals surface area contributed by atoms with Gasteiger partial charge in [0.25, 0.3) is 0 Å². The average molecular weight is 433 g/mol. The number of morpholine rings is 1. The predicted octanol–water partition coefficient (Wildman–Crippen LogP) is 4.32. The summed E-state index contributed by atoms with van der Waals surface area (Å²) in [4.78, 5) is 17.1. The summed E-state index contributed by atoms with van der Waals surface area (Å²) in [6.07, 6.45) is -2.60. The fraction of sp³-hybridized carbons (Fsp3) is 0.435. The Balaban J connectivity index is 1.60. The summed E-state index contributed by atoms with van der Waals surface area (Å²) in [5, 5.41) is 2.79. The maximum Gasteiger partial charge on any atom is 0.416 e. The van der Waals surface area contributed by atoms with Gasteiger partial charge in [0.15, 0.2) is 0 Å². The Morgan fingerprint density at radius 3 is 2.55 bits per heavy atom. The molecule has 4 rings (SSSR count). The maximum atomic E-state index is 13.3. The number of para-hydroxylation sites is 1. The maximum absolute atomic E-state index is 13.3. The number of aryl methyl sites for hydroxylation is 1. The first-order chi connectivity index (χ1) is 14.8. The summed E-state index contributed by atoms with van der Waals surface area (Å²) >= 11 is 0. The molecule has 166 valence electrons. The van der Waals surface area contributed by atoms with Gasteiger partial charge < -0.3 is 19.9 Å². The first kappa shape index (κ1) is 21.5. The summed E-state index contributed by atoms with van der Waals surface area (Å²) in [6.45, 7) is 4.63. The smallest absolute Gasteiger partial charge is 0.378 e. The minimum absolute atomic E-state index is 0.180. The van der Waals surface area contributed by atoms with E-state index in [2.05, 4.69) is 11.4 Å². The van der Waals surface area contributed by atoms with Gasteiger partial charge in [0.1, 0.15) is 6.04 Å². The molecule has 2 aromatic carbocycles. The molecule has 1 amide bonds. The van der Waals surface area contributed by atoms with Crippen LogP contribution in [0, 0.1) is 0 Å². The molecule has 1 N–H and O–H groups in total. The van der Waals surface area contributed by atoms with Crippen LogP contribution in [0.4, 0.5) is 30.2 Å². The van der Waals surface area contributed by atoms with Gasteiger partial charge in [-0.15, -0.1) is 0 Å². The highest BCUT2D eigenvalue weighted by Crippen LogP contribution is 2.36. The quantitative estimate of drug-likeness (QED) is 0.780. The molecule has 31 heavy (non-hydrogen) atoms. The van der Waals surface area contributed by atoms with Crippen molar-refractivity contribution in [1.29, 1.82) is 0 Å². The number of rotatable bonds is 4. The Kier molecular flexibility index (Phi) is 6.09. The summed E-state index contributed by atoms with van der Waals surface area (Å²) in [6, 6.07) is 11.0. The monoisotopic (exact) mass is 433 g/mol. The minimum Gasteiger partial charge on any atom is -0.378 e. The second-order valence-corrected chi connectivity index (χ2v) is 7.92. The van der Waals surface area contributed by atoms with Crippen molar-refractivity contribution >= 4 is 23.0 Å². The van der Waals surface area contributed by atoms with Gasteiger partial charge >= 0.3 is 6.18 Å². The van der Waals surface area contributed by atoms with Gasteiger partial charge in [-0.25, -0.2) is 0 Å². The first-order valence-corrected chi connectivity index (χ1v) is 10.5. The fourth-order valence-corrected chi connectivity index (χ4v) is 4.24. The number of nitrogens with zero attached hydrogens (tertiary/aromatic N) is 2. The largest absolute Gasteiger partial charge is 0.416 e. The van der Waals surface area contributed by atoms with Crippen LogP contribution in [-0.4, -0.2) is 44.8 Å². The van der Waals surface area contributed by atoms with Crippen LogP contribution >= 0.6 is 0 Å². The molecule has 0 aliphatic carbocycles. The van der Waals surface area contributed by atoms with Crippen LogP contribution in [-0.2, 0) is 22.1 Å². The van der Waals surface area contributed by atoms with Crippen LogP contribution in [0.5, 0.6) is 0 Å². The number of halogens is 3. The Bertz CT molecular complexity index is 942. The standard InChI is InChI=1S/C23H26F3N3O2/c1-16(29-10-4-6-17-5-2-3-7-20(17)29)22(30)27-19-15-18(23(24,25)26)8-9-21(19)28-11-13-31-14-12-28/h2-3,5,7-9,15-16H,4,6,10-14H2,1H3,(H,27,30). The van der Waals surface area contributed by atoms with Gasteiger partial charge in [-0.05, 0) is 49.6 Å². The first-order valence-electron chi connectivity index (χ1n) is 10.5. The summed E-state index contributed by atoms with van der Waals surface area (Å²) < 4.78 is 45.4. The van der Waals surface area contributed by atoms with Crippen molar-refractivity contribution in [2.45, 2.75) is 32.0 Å². The highest BCUT2D eigenvalue weighted by molar-refractivity contribution is 5.99. The lowest BCUT2D eigenvalue weighted by Crippen LogP contribution is -2.45. The molecule has 8 heteroatoms. The van der Waals surface area contributed by atoms with Crippen molar-refractivity contribution < 1.29 is 22.7 Å². The molecule has 1 saturated heterocycles. The number of alkyl halides is 3. The lowest BCUT2D eigenvalue weighted by atomic mass is 10.00. The Morgan fingerprint density at radius 1 is 1.06 bits per heavy atom. The van der Waals surface area contributed by atoms with E-state index in [0.29, 0.717) is 32.0 Å². The Morgan fingerprint density at radius 2 is 1.81 bits per heavy atom. The normalized spacial score (nSPS) is 17.8. The molecule has 0 bridgehead atoms. The molecule has 2 aliphatic heterocycles. The number of ether oxygens (including phenoxy) is 1. The lowest BCUT2D eigenvalue weighted by molar-refractivity contribution is -0.137. The van der Waals surface area contributed by atoms with Crippen molar-refractivity contribution in [2.24, 2.45) is 0 Å². The molecular weight excluding hydrogens is 407 g/mol. The SMILES string of the molecule is CC(C(=O)Nc1cc(C(F)(F)F)ccc1N1CCOCC1)N1CCCc2ccccc21. The predicted molar refractivity (Wildman–Crippen MR) is 115 cm³/mol. The van der Waals surface area contributed by atoms with E-state index in [1.54, 1.807) is 6.92 Å². The molecule has 2 aromatic rings.